The van der Waals surface area contributed by atoms with Gasteiger partial charge in [0.2, 0.25) is 5.89 Å². The Morgan fingerprint density at radius 1 is 1.23 bits per heavy atom. The molecule has 26 heavy (non-hydrogen) atoms. The van der Waals surface area contributed by atoms with Gasteiger partial charge in [-0.3, -0.25) is 0 Å². The average molecular weight is 358 g/mol. The molecule has 6 heteroatoms. The third-order valence-electron chi connectivity index (χ3n) is 3.89. The first-order valence-corrected chi connectivity index (χ1v) is 9.03. The highest BCUT2D eigenvalue weighted by molar-refractivity contribution is 5.79. The summed E-state index contributed by atoms with van der Waals surface area (Å²) in [6, 6.07) is 8.38. The highest BCUT2D eigenvalue weighted by Crippen LogP contribution is 2.22. The Bertz CT molecular complexity index is 728. The van der Waals surface area contributed by atoms with E-state index in [9.17, 15) is 0 Å². The Morgan fingerprint density at radius 3 is 2.62 bits per heavy atom. The normalized spacial score (nSPS) is 12.2. The molecule has 2 aromatic rings. The van der Waals surface area contributed by atoms with Crippen LogP contribution in [0.3, 0.4) is 0 Å². The second-order valence-corrected chi connectivity index (χ2v) is 7.48. The number of benzene rings is 1. The Balaban J connectivity index is 2.00. The molecule has 1 aromatic heterocycles. The van der Waals surface area contributed by atoms with Gasteiger partial charge in [0, 0.05) is 31.7 Å². The van der Waals surface area contributed by atoms with Crippen molar-refractivity contribution in [2.45, 2.75) is 46.2 Å². The van der Waals surface area contributed by atoms with Gasteiger partial charge in [-0.25, -0.2) is 9.98 Å². The van der Waals surface area contributed by atoms with Crippen molar-refractivity contribution in [2.24, 2.45) is 4.99 Å². The molecule has 2 rings (SSSR count). The molecule has 0 unspecified atom stereocenters. The summed E-state index contributed by atoms with van der Waals surface area (Å²) in [5.74, 6) is 2.30. The minimum Gasteiger partial charge on any atom is -0.443 e. The van der Waals surface area contributed by atoms with E-state index in [1.807, 2.05) is 21.0 Å². The van der Waals surface area contributed by atoms with Crippen LogP contribution in [-0.4, -0.2) is 31.6 Å². The van der Waals surface area contributed by atoms with Gasteiger partial charge in [0.15, 0.2) is 5.96 Å². The predicted molar refractivity (Wildman–Crippen MR) is 108 cm³/mol. The summed E-state index contributed by atoms with van der Waals surface area (Å²) in [4.78, 5) is 11.1. The molecule has 0 fully saturated rings. The molecule has 0 saturated heterocycles. The molecular weight excluding hydrogens is 326 g/mol. The number of rotatable bonds is 6. The van der Waals surface area contributed by atoms with Crippen molar-refractivity contribution in [3.05, 3.63) is 47.7 Å². The lowest BCUT2D eigenvalue weighted by Gasteiger charge is -2.14. The maximum Gasteiger partial charge on any atom is 0.213 e. The van der Waals surface area contributed by atoms with Gasteiger partial charge < -0.3 is 20.0 Å². The summed E-state index contributed by atoms with van der Waals surface area (Å²) in [5, 5.41) is 6.54. The first-order chi connectivity index (χ1) is 12.3. The van der Waals surface area contributed by atoms with Crippen molar-refractivity contribution >= 4 is 11.6 Å². The lowest BCUT2D eigenvalue weighted by molar-refractivity contribution is 0.379. The third-order valence-corrected chi connectivity index (χ3v) is 3.89. The molecule has 2 N–H and O–H groups in total. The quantitative estimate of drug-likeness (QED) is 0.613. The molecule has 0 radical (unpaired) electrons. The van der Waals surface area contributed by atoms with Crippen LogP contribution in [0, 0.1) is 0 Å². The summed E-state index contributed by atoms with van der Waals surface area (Å²) < 4.78 is 5.82. The van der Waals surface area contributed by atoms with Gasteiger partial charge in [-0.05, 0) is 24.6 Å². The largest absolute Gasteiger partial charge is 0.443 e. The Hall–Kier alpha value is -2.50. The summed E-state index contributed by atoms with van der Waals surface area (Å²) >= 11 is 0. The van der Waals surface area contributed by atoms with E-state index < -0.39 is 0 Å². The van der Waals surface area contributed by atoms with E-state index in [1.165, 1.54) is 11.3 Å². The number of nitrogens with zero attached hydrogens (tertiary/aromatic N) is 3. The van der Waals surface area contributed by atoms with E-state index in [-0.39, 0.29) is 5.41 Å². The highest BCUT2D eigenvalue weighted by atomic mass is 16.4. The van der Waals surface area contributed by atoms with E-state index in [4.69, 9.17) is 4.42 Å². The third kappa shape index (κ3) is 5.79. The van der Waals surface area contributed by atoms with Crippen LogP contribution in [0.4, 0.5) is 5.69 Å². The van der Waals surface area contributed by atoms with Gasteiger partial charge >= 0.3 is 0 Å². The minimum atomic E-state index is -0.0404. The van der Waals surface area contributed by atoms with Gasteiger partial charge in [-0.1, -0.05) is 32.9 Å². The number of aromatic nitrogens is 1. The molecular formula is C20H31N5O. The Kier molecular flexibility index (Phi) is 6.66. The van der Waals surface area contributed by atoms with Crippen LogP contribution in [0.15, 0.2) is 39.9 Å². The second kappa shape index (κ2) is 8.74. The highest BCUT2D eigenvalue weighted by Gasteiger charge is 2.19. The van der Waals surface area contributed by atoms with Crippen LogP contribution in [-0.2, 0) is 18.5 Å². The van der Waals surface area contributed by atoms with Crippen molar-refractivity contribution in [3.63, 3.8) is 0 Å². The van der Waals surface area contributed by atoms with Gasteiger partial charge in [0.05, 0.1) is 19.3 Å². The van der Waals surface area contributed by atoms with Crippen LogP contribution < -0.4 is 15.5 Å². The van der Waals surface area contributed by atoms with E-state index in [2.05, 4.69) is 70.5 Å². The number of hydrogen-bond donors (Lipinski definition) is 2. The van der Waals surface area contributed by atoms with Crippen molar-refractivity contribution in [3.8, 4) is 0 Å². The Morgan fingerprint density at radius 2 is 2.00 bits per heavy atom. The van der Waals surface area contributed by atoms with Gasteiger partial charge in [0.1, 0.15) is 5.76 Å². The standard InChI is InChI=1S/C20H31N5O/c1-7-21-19(23-12-15-9-8-10-16(11-15)25(5)6)24-14-18-22-13-17(26-18)20(2,3)4/h8-11,13H,7,12,14H2,1-6H3,(H2,21,23,24). The van der Waals surface area contributed by atoms with Crippen molar-refractivity contribution < 1.29 is 4.42 Å². The fourth-order valence-corrected chi connectivity index (χ4v) is 2.34. The molecule has 0 aliphatic heterocycles. The zero-order valence-corrected chi connectivity index (χ0v) is 16.8. The van der Waals surface area contributed by atoms with Crippen LogP contribution in [0.2, 0.25) is 0 Å². The van der Waals surface area contributed by atoms with Crippen LogP contribution in [0.1, 0.15) is 44.9 Å². The van der Waals surface area contributed by atoms with Crippen LogP contribution in [0.25, 0.3) is 0 Å². The zero-order chi connectivity index (χ0) is 19.2. The molecule has 0 aliphatic carbocycles. The molecule has 0 atom stereocenters. The van der Waals surface area contributed by atoms with Gasteiger partial charge in [-0.15, -0.1) is 0 Å². The Labute approximate surface area is 156 Å². The smallest absolute Gasteiger partial charge is 0.213 e. The van der Waals surface area contributed by atoms with E-state index in [0.29, 0.717) is 19.0 Å². The molecule has 0 amide bonds. The fourth-order valence-electron chi connectivity index (χ4n) is 2.34. The van der Waals surface area contributed by atoms with Crippen LogP contribution in [0.5, 0.6) is 0 Å². The van der Waals surface area contributed by atoms with Gasteiger partial charge in [-0.2, -0.15) is 0 Å². The minimum absolute atomic E-state index is 0.0404. The monoisotopic (exact) mass is 357 g/mol. The maximum absolute atomic E-state index is 5.82. The lowest BCUT2D eigenvalue weighted by atomic mass is 9.94. The average Bonchev–Trinajstić information content (AvgIpc) is 3.07. The molecule has 0 saturated carbocycles. The number of anilines is 1. The summed E-state index contributed by atoms with van der Waals surface area (Å²) in [5.41, 5.74) is 2.30. The molecule has 142 valence electrons. The molecule has 1 heterocycles. The molecule has 0 aliphatic rings. The first kappa shape index (κ1) is 19.8. The summed E-state index contributed by atoms with van der Waals surface area (Å²) in [6.07, 6.45) is 1.80. The predicted octanol–water partition coefficient (Wildman–Crippen LogP) is 3.29. The van der Waals surface area contributed by atoms with E-state index in [0.717, 1.165) is 18.3 Å². The number of hydrogen-bond acceptors (Lipinski definition) is 4. The molecule has 1 aromatic carbocycles. The maximum atomic E-state index is 5.82. The lowest BCUT2D eigenvalue weighted by Crippen LogP contribution is -2.36. The van der Waals surface area contributed by atoms with E-state index in [1.54, 1.807) is 6.20 Å². The number of aliphatic imine (C=N–C) groups is 1. The topological polar surface area (TPSA) is 65.7 Å². The van der Waals surface area contributed by atoms with Crippen LogP contribution >= 0.6 is 0 Å². The first-order valence-electron chi connectivity index (χ1n) is 9.03. The SMILES string of the molecule is CCNC(=NCc1cccc(N(C)C)c1)NCc1ncc(C(C)(C)C)o1. The molecule has 6 nitrogen and oxygen atoms in total. The second-order valence-electron chi connectivity index (χ2n) is 7.48. The van der Waals surface area contributed by atoms with Gasteiger partial charge in [0.25, 0.3) is 0 Å². The van der Waals surface area contributed by atoms with Crippen molar-refractivity contribution in [1.82, 2.24) is 15.6 Å². The summed E-state index contributed by atoms with van der Waals surface area (Å²) in [7, 11) is 4.08. The zero-order valence-electron chi connectivity index (χ0n) is 16.8. The molecule has 0 bridgehead atoms. The van der Waals surface area contributed by atoms with Crippen molar-refractivity contribution in [2.75, 3.05) is 25.5 Å². The number of oxazole rings is 1. The summed E-state index contributed by atoms with van der Waals surface area (Å²) in [6.45, 7) is 10.3. The van der Waals surface area contributed by atoms with Crippen molar-refractivity contribution in [1.29, 1.82) is 0 Å². The van der Waals surface area contributed by atoms with E-state index >= 15 is 0 Å². The number of guanidine groups is 1. The molecule has 0 spiro atoms. The number of nitrogens with one attached hydrogen (secondary N) is 2. The fraction of sp³-hybridized carbons (Fsp3) is 0.500.